The Bertz CT molecular complexity index is 1670. The average Bonchev–Trinajstić information content (AvgIpc) is 3.21. The van der Waals surface area contributed by atoms with Crippen LogP contribution >= 0.6 is 0 Å². The molecule has 3 aromatic rings. The topological polar surface area (TPSA) is 146 Å². The number of nitrogens with zero attached hydrogens (tertiary/aromatic N) is 1. The Kier molecular flexibility index (Phi) is 7.13. The molecule has 1 aliphatic rings. The molecule has 0 aromatic heterocycles. The number of sulfone groups is 2. The standard InChI is InChI=1S/C26H29NO8S3/c1-19-4-10-22(11-5-19)36(30,31)25(18-28)26(29,37(32,33)23-12-6-20(2)7-13-23)16-17-27(25)38(34,35)24-14-8-21(3)9-15-24/h4-15,28-29H,16-18H2,1-3H3/t25-,26?/m0/s1. The van der Waals surface area contributed by atoms with Crippen molar-refractivity contribution in [1.82, 2.24) is 4.31 Å². The maximum absolute atomic E-state index is 14.3. The molecular weight excluding hydrogens is 550 g/mol. The van der Waals surface area contributed by atoms with Crippen LogP contribution in [0.25, 0.3) is 0 Å². The van der Waals surface area contributed by atoms with Crippen LogP contribution < -0.4 is 0 Å². The lowest BCUT2D eigenvalue weighted by Crippen LogP contribution is -2.68. The second-order valence-corrected chi connectivity index (χ2v) is 15.7. The highest BCUT2D eigenvalue weighted by atomic mass is 32.2. The fourth-order valence-electron chi connectivity index (χ4n) is 4.78. The maximum Gasteiger partial charge on any atom is 0.244 e. The van der Waals surface area contributed by atoms with E-state index >= 15 is 0 Å². The number of sulfonamides is 1. The molecule has 1 unspecified atom stereocenters. The quantitative estimate of drug-likeness (QED) is 0.434. The molecule has 3 aromatic carbocycles. The summed E-state index contributed by atoms with van der Waals surface area (Å²) < 4.78 is 84.8. The molecule has 9 nitrogen and oxygen atoms in total. The first-order valence-electron chi connectivity index (χ1n) is 11.7. The molecule has 0 bridgehead atoms. The van der Waals surface area contributed by atoms with Crippen LogP contribution in [0.3, 0.4) is 0 Å². The van der Waals surface area contributed by atoms with E-state index in [1.807, 2.05) is 0 Å². The van der Waals surface area contributed by atoms with Crippen molar-refractivity contribution in [3.8, 4) is 0 Å². The minimum absolute atomic E-state index is 0.308. The van der Waals surface area contributed by atoms with Gasteiger partial charge >= 0.3 is 0 Å². The van der Waals surface area contributed by atoms with E-state index in [0.29, 0.717) is 15.4 Å². The number of rotatable bonds is 7. The number of aliphatic hydroxyl groups is 2. The summed E-state index contributed by atoms with van der Waals surface area (Å²) in [7, 11) is -14.7. The number of hydrogen-bond donors (Lipinski definition) is 2. The molecule has 1 saturated heterocycles. The van der Waals surface area contributed by atoms with Gasteiger partial charge in [-0.25, -0.2) is 25.3 Å². The first-order chi connectivity index (χ1) is 17.6. The third kappa shape index (κ3) is 4.02. The monoisotopic (exact) mass is 579 g/mol. The predicted molar refractivity (Wildman–Crippen MR) is 141 cm³/mol. The molecule has 2 atom stereocenters. The van der Waals surface area contributed by atoms with Gasteiger partial charge in [0.25, 0.3) is 0 Å². The summed E-state index contributed by atoms with van der Waals surface area (Å²) in [5.41, 5.74) is 2.15. The van der Waals surface area contributed by atoms with Crippen LogP contribution in [-0.2, 0) is 29.7 Å². The van der Waals surface area contributed by atoms with Gasteiger partial charge in [0.15, 0.2) is 0 Å². The highest BCUT2D eigenvalue weighted by Gasteiger charge is 2.75. The first-order valence-corrected chi connectivity index (χ1v) is 16.1. The largest absolute Gasteiger partial charge is 0.393 e. The van der Waals surface area contributed by atoms with E-state index in [0.717, 1.165) is 5.56 Å². The van der Waals surface area contributed by atoms with Gasteiger partial charge in [-0.3, -0.25) is 0 Å². The van der Waals surface area contributed by atoms with E-state index in [2.05, 4.69) is 0 Å². The fourth-order valence-corrected chi connectivity index (χ4v) is 11.5. The molecule has 1 fully saturated rings. The number of aryl methyl sites for hydroxylation is 3. The van der Waals surface area contributed by atoms with Crippen LogP contribution in [-0.4, -0.2) is 62.7 Å². The third-order valence-corrected chi connectivity index (χ3v) is 14.0. The van der Waals surface area contributed by atoms with Crippen LogP contribution in [0.15, 0.2) is 87.5 Å². The molecule has 12 heteroatoms. The van der Waals surface area contributed by atoms with Gasteiger partial charge in [0, 0.05) is 13.0 Å². The summed E-state index contributed by atoms with van der Waals surface area (Å²) in [5, 5.41) is 22.8. The molecule has 38 heavy (non-hydrogen) atoms. The number of hydrogen-bond acceptors (Lipinski definition) is 8. The predicted octanol–water partition coefficient (Wildman–Crippen LogP) is 2.33. The Morgan fingerprint density at radius 1 is 0.658 bits per heavy atom. The molecular formula is C26H29NO8S3. The Labute approximate surface area is 223 Å². The van der Waals surface area contributed by atoms with Crippen molar-refractivity contribution in [2.45, 2.75) is 51.7 Å². The minimum Gasteiger partial charge on any atom is -0.393 e. The van der Waals surface area contributed by atoms with Crippen molar-refractivity contribution < 1.29 is 35.5 Å². The zero-order chi connectivity index (χ0) is 28.1. The Balaban J connectivity index is 2.06. The second-order valence-electron chi connectivity index (χ2n) is 9.50. The van der Waals surface area contributed by atoms with Gasteiger partial charge < -0.3 is 10.2 Å². The second kappa shape index (κ2) is 9.54. The van der Waals surface area contributed by atoms with Gasteiger partial charge in [-0.1, -0.05) is 53.1 Å². The van der Waals surface area contributed by atoms with Crippen molar-refractivity contribution in [1.29, 1.82) is 0 Å². The van der Waals surface area contributed by atoms with Crippen LogP contribution in [0.1, 0.15) is 23.1 Å². The zero-order valence-electron chi connectivity index (χ0n) is 21.1. The van der Waals surface area contributed by atoms with Gasteiger partial charge in [-0.2, -0.15) is 4.31 Å². The number of benzene rings is 3. The van der Waals surface area contributed by atoms with E-state index in [1.165, 1.54) is 72.8 Å². The zero-order valence-corrected chi connectivity index (χ0v) is 23.5. The minimum atomic E-state index is -5.05. The molecule has 204 valence electrons. The molecule has 2 N–H and O–H groups in total. The summed E-state index contributed by atoms with van der Waals surface area (Å²) in [6, 6.07) is 16.2. The highest BCUT2D eigenvalue weighted by Crippen LogP contribution is 2.52. The molecule has 0 spiro atoms. The fraction of sp³-hybridized carbons (Fsp3) is 0.308. The summed E-state index contributed by atoms with van der Waals surface area (Å²) in [4.78, 5) is -7.58. The Morgan fingerprint density at radius 3 is 1.42 bits per heavy atom. The SMILES string of the molecule is Cc1ccc(S(=O)(=O)N2CCC(O)(S(=O)(=O)c3ccc(C)cc3)[C@]2(CO)S(=O)(=O)c2ccc(C)cc2)cc1. The van der Waals surface area contributed by atoms with Crippen LogP contribution in [0.4, 0.5) is 0 Å². The average molecular weight is 580 g/mol. The normalized spacial score (nSPS) is 23.0. The lowest BCUT2D eigenvalue weighted by Gasteiger charge is -2.43. The van der Waals surface area contributed by atoms with E-state index in [9.17, 15) is 35.5 Å². The van der Waals surface area contributed by atoms with Crippen molar-refractivity contribution in [3.63, 3.8) is 0 Å². The lowest BCUT2D eigenvalue weighted by molar-refractivity contribution is 0.0376. The molecule has 1 aliphatic heterocycles. The third-order valence-electron chi connectivity index (χ3n) is 7.04. The molecule has 4 rings (SSSR count). The van der Waals surface area contributed by atoms with Gasteiger partial charge in [0.1, 0.15) is 0 Å². The molecule has 0 saturated carbocycles. The summed E-state index contributed by atoms with van der Waals surface area (Å²) in [6.07, 6.45) is -0.792. The lowest BCUT2D eigenvalue weighted by atomic mass is 10.1. The van der Waals surface area contributed by atoms with Crippen molar-refractivity contribution >= 4 is 29.7 Å². The highest BCUT2D eigenvalue weighted by molar-refractivity contribution is 7.98. The molecule has 0 aliphatic carbocycles. The van der Waals surface area contributed by atoms with E-state index in [4.69, 9.17) is 0 Å². The molecule has 0 radical (unpaired) electrons. The summed E-state index contributed by atoms with van der Waals surface area (Å²) >= 11 is 0. The van der Waals surface area contributed by atoms with Gasteiger partial charge in [0.05, 0.1) is 21.3 Å². The van der Waals surface area contributed by atoms with Crippen LogP contribution in [0.5, 0.6) is 0 Å². The summed E-state index contributed by atoms with van der Waals surface area (Å²) in [5.74, 6) is 0. The van der Waals surface area contributed by atoms with Crippen molar-refractivity contribution in [2.75, 3.05) is 13.2 Å². The summed E-state index contributed by atoms with van der Waals surface area (Å²) in [6.45, 7) is 2.97. The van der Waals surface area contributed by atoms with Gasteiger partial charge in [0.2, 0.25) is 39.5 Å². The molecule has 1 heterocycles. The van der Waals surface area contributed by atoms with E-state index < -0.39 is 68.9 Å². The smallest absolute Gasteiger partial charge is 0.244 e. The first kappa shape index (κ1) is 28.4. The van der Waals surface area contributed by atoms with Gasteiger partial charge in [-0.05, 0) is 57.2 Å². The molecule has 0 amide bonds. The van der Waals surface area contributed by atoms with E-state index in [1.54, 1.807) is 20.8 Å². The van der Waals surface area contributed by atoms with Crippen molar-refractivity contribution in [3.05, 3.63) is 89.5 Å². The maximum atomic E-state index is 14.3. The van der Waals surface area contributed by atoms with Crippen molar-refractivity contribution in [2.24, 2.45) is 0 Å². The Hall–Kier alpha value is -2.61. The van der Waals surface area contributed by atoms with E-state index in [-0.39, 0.29) is 4.90 Å². The van der Waals surface area contributed by atoms with Crippen LogP contribution in [0, 0.1) is 20.8 Å². The number of aliphatic hydroxyl groups excluding tert-OH is 1. The van der Waals surface area contributed by atoms with Crippen LogP contribution in [0.2, 0.25) is 0 Å². The van der Waals surface area contributed by atoms with Gasteiger partial charge in [-0.15, -0.1) is 0 Å². The Morgan fingerprint density at radius 2 is 1.03 bits per heavy atom.